The zero-order valence-electron chi connectivity index (χ0n) is 16.0. The predicted molar refractivity (Wildman–Crippen MR) is 104 cm³/mol. The van der Waals surface area contributed by atoms with Gasteiger partial charge in [-0.25, -0.2) is 0 Å². The summed E-state index contributed by atoms with van der Waals surface area (Å²) in [6, 6.07) is 13.3. The van der Waals surface area contributed by atoms with Crippen LogP contribution in [0.3, 0.4) is 0 Å². The molecule has 0 saturated heterocycles. The Balaban J connectivity index is 1.86. The standard InChI is InChI=1S/C21H26N4O2/c1-20(2,27)16-10-7-13-25(17(16)23-3)18(22)21(11-12-21)19(26)24-14-15-8-5-4-6-9-15/h4-10,13,22,27H,11-12,14H2,1-3H3,(H,24,26)/b22-18?,23-17-. The summed E-state index contributed by atoms with van der Waals surface area (Å²) in [6.07, 6.45) is 3.00. The first-order valence-corrected chi connectivity index (χ1v) is 9.08. The van der Waals surface area contributed by atoms with Crippen molar-refractivity contribution < 1.29 is 9.90 Å². The lowest BCUT2D eigenvalue weighted by atomic mass is 9.98. The van der Waals surface area contributed by atoms with Gasteiger partial charge in [0.1, 0.15) is 16.7 Å². The highest BCUT2D eigenvalue weighted by Crippen LogP contribution is 2.47. The number of amides is 1. The summed E-state index contributed by atoms with van der Waals surface area (Å²) in [7, 11) is 1.63. The van der Waals surface area contributed by atoms with Crippen molar-refractivity contribution >= 4 is 11.7 Å². The molecule has 27 heavy (non-hydrogen) atoms. The second-order valence-electron chi connectivity index (χ2n) is 7.50. The van der Waals surface area contributed by atoms with Crippen LogP contribution in [-0.4, -0.2) is 28.5 Å². The molecule has 0 aliphatic heterocycles. The third-order valence-electron chi connectivity index (χ3n) is 5.01. The number of aromatic nitrogens is 1. The molecular weight excluding hydrogens is 340 g/mol. The molecule has 6 heteroatoms. The van der Waals surface area contributed by atoms with Crippen molar-refractivity contribution in [3.63, 3.8) is 0 Å². The number of pyridine rings is 1. The number of nitrogens with one attached hydrogen (secondary N) is 2. The quantitative estimate of drug-likeness (QED) is 0.559. The molecule has 0 unspecified atom stereocenters. The van der Waals surface area contributed by atoms with Gasteiger partial charge in [-0.3, -0.25) is 19.8 Å². The zero-order valence-corrected chi connectivity index (χ0v) is 16.0. The Bertz CT molecular complexity index is 919. The van der Waals surface area contributed by atoms with Crippen molar-refractivity contribution in [2.24, 2.45) is 10.4 Å². The third-order valence-corrected chi connectivity index (χ3v) is 5.01. The minimum absolute atomic E-state index is 0.139. The lowest BCUT2D eigenvalue weighted by Gasteiger charge is -2.23. The minimum atomic E-state index is -1.09. The number of carbonyl (C=O) groups is 1. The van der Waals surface area contributed by atoms with Crippen molar-refractivity contribution in [2.45, 2.75) is 38.8 Å². The highest BCUT2D eigenvalue weighted by molar-refractivity contribution is 6.09. The first-order valence-electron chi connectivity index (χ1n) is 9.08. The highest BCUT2D eigenvalue weighted by Gasteiger charge is 2.54. The van der Waals surface area contributed by atoms with E-state index in [-0.39, 0.29) is 11.7 Å². The number of hydrogen-bond acceptors (Lipinski definition) is 4. The Kier molecular flexibility index (Phi) is 5.02. The summed E-state index contributed by atoms with van der Waals surface area (Å²) in [5.74, 6) is 0.0549. The summed E-state index contributed by atoms with van der Waals surface area (Å²) < 4.78 is 1.61. The van der Waals surface area contributed by atoms with Crippen LogP contribution in [-0.2, 0) is 16.9 Å². The number of hydrogen-bond donors (Lipinski definition) is 3. The molecule has 1 aromatic heterocycles. The molecule has 0 bridgehead atoms. The van der Waals surface area contributed by atoms with Gasteiger partial charge in [0.05, 0.1) is 5.60 Å². The van der Waals surface area contributed by atoms with Crippen molar-refractivity contribution in [2.75, 3.05) is 7.05 Å². The molecular formula is C21H26N4O2. The summed E-state index contributed by atoms with van der Waals surface area (Å²) >= 11 is 0. The van der Waals surface area contributed by atoms with Crippen LogP contribution in [0, 0.1) is 10.8 Å². The Morgan fingerprint density at radius 2 is 1.93 bits per heavy atom. The fourth-order valence-electron chi connectivity index (χ4n) is 3.26. The normalized spacial score (nSPS) is 16.1. The monoisotopic (exact) mass is 366 g/mol. The van der Waals surface area contributed by atoms with E-state index in [1.807, 2.05) is 30.3 Å². The number of benzene rings is 1. The van der Waals surface area contributed by atoms with Crippen LogP contribution >= 0.6 is 0 Å². The Morgan fingerprint density at radius 3 is 2.48 bits per heavy atom. The second kappa shape index (κ2) is 7.12. The van der Waals surface area contributed by atoms with Crippen molar-refractivity contribution in [3.8, 4) is 0 Å². The van der Waals surface area contributed by atoms with E-state index >= 15 is 0 Å². The first kappa shape index (κ1) is 19.0. The molecule has 1 fully saturated rings. The maximum Gasteiger partial charge on any atom is 0.234 e. The molecule has 1 saturated carbocycles. The van der Waals surface area contributed by atoms with Gasteiger partial charge in [0.2, 0.25) is 5.91 Å². The summed E-state index contributed by atoms with van der Waals surface area (Å²) in [6.45, 7) is 3.81. The molecule has 2 aromatic rings. The smallest absolute Gasteiger partial charge is 0.234 e. The topological polar surface area (TPSA) is 90.5 Å². The third kappa shape index (κ3) is 3.71. The summed E-state index contributed by atoms with van der Waals surface area (Å²) in [4.78, 5) is 17.1. The number of carbonyl (C=O) groups excluding carboxylic acids is 1. The van der Waals surface area contributed by atoms with Crippen LogP contribution in [0.2, 0.25) is 0 Å². The lowest BCUT2D eigenvalue weighted by Crippen LogP contribution is -2.44. The van der Waals surface area contributed by atoms with Crippen LogP contribution < -0.4 is 10.8 Å². The largest absolute Gasteiger partial charge is 0.386 e. The molecule has 3 rings (SSSR count). The van der Waals surface area contributed by atoms with Crippen molar-refractivity contribution in [3.05, 3.63) is 65.3 Å². The lowest BCUT2D eigenvalue weighted by molar-refractivity contribution is -0.124. The van der Waals surface area contributed by atoms with E-state index in [1.54, 1.807) is 43.8 Å². The molecule has 142 valence electrons. The van der Waals surface area contributed by atoms with Gasteiger partial charge in [-0.15, -0.1) is 0 Å². The molecule has 1 aliphatic rings. The predicted octanol–water partition coefficient (Wildman–Crippen LogP) is 2.17. The Morgan fingerprint density at radius 1 is 1.26 bits per heavy atom. The van der Waals surface area contributed by atoms with E-state index in [0.717, 1.165) is 5.56 Å². The van der Waals surface area contributed by atoms with E-state index in [0.29, 0.717) is 30.4 Å². The zero-order chi connectivity index (χ0) is 19.7. The molecule has 6 nitrogen and oxygen atoms in total. The van der Waals surface area contributed by atoms with Gasteiger partial charge in [0, 0.05) is 25.4 Å². The summed E-state index contributed by atoms with van der Waals surface area (Å²) in [5.41, 5.74) is 0.214. The Labute approximate surface area is 159 Å². The van der Waals surface area contributed by atoms with Gasteiger partial charge in [-0.1, -0.05) is 36.4 Å². The van der Waals surface area contributed by atoms with Crippen LogP contribution in [0.5, 0.6) is 0 Å². The molecule has 0 spiro atoms. The molecule has 0 atom stereocenters. The van der Waals surface area contributed by atoms with Crippen LogP contribution in [0.1, 0.15) is 37.8 Å². The van der Waals surface area contributed by atoms with Crippen molar-refractivity contribution in [1.82, 2.24) is 9.88 Å². The molecule has 0 radical (unpaired) electrons. The second-order valence-corrected chi connectivity index (χ2v) is 7.50. The number of aliphatic hydroxyl groups is 1. The van der Waals surface area contributed by atoms with Gasteiger partial charge in [-0.05, 0) is 38.3 Å². The molecule has 1 amide bonds. The van der Waals surface area contributed by atoms with Gasteiger partial charge in [0.25, 0.3) is 0 Å². The van der Waals surface area contributed by atoms with Crippen LogP contribution in [0.15, 0.2) is 53.7 Å². The van der Waals surface area contributed by atoms with Gasteiger partial charge in [-0.2, -0.15) is 0 Å². The molecule has 3 N–H and O–H groups in total. The Hall–Kier alpha value is -2.73. The van der Waals surface area contributed by atoms with Crippen molar-refractivity contribution in [1.29, 1.82) is 5.41 Å². The average molecular weight is 366 g/mol. The van der Waals surface area contributed by atoms with Gasteiger partial charge >= 0.3 is 0 Å². The average Bonchev–Trinajstić information content (AvgIpc) is 3.47. The number of nitrogens with zero attached hydrogens (tertiary/aromatic N) is 2. The van der Waals surface area contributed by atoms with Crippen LogP contribution in [0.25, 0.3) is 0 Å². The first-order chi connectivity index (χ1) is 12.8. The summed E-state index contributed by atoms with van der Waals surface area (Å²) in [5, 5.41) is 22.1. The maximum atomic E-state index is 12.9. The van der Waals surface area contributed by atoms with E-state index in [4.69, 9.17) is 5.41 Å². The SMILES string of the molecule is C/N=c1/c(C(C)(C)O)cccn1C(=N)C1(C(=O)NCc2ccccc2)CC1. The minimum Gasteiger partial charge on any atom is -0.386 e. The van der Waals surface area contributed by atoms with Crippen LogP contribution in [0.4, 0.5) is 0 Å². The number of rotatable bonds is 5. The maximum absolute atomic E-state index is 12.9. The van der Waals surface area contributed by atoms with E-state index < -0.39 is 11.0 Å². The van der Waals surface area contributed by atoms with Gasteiger partial charge in [0.15, 0.2) is 0 Å². The molecule has 1 heterocycles. The molecule has 1 aromatic carbocycles. The van der Waals surface area contributed by atoms with E-state index in [2.05, 4.69) is 10.3 Å². The highest BCUT2D eigenvalue weighted by atomic mass is 16.3. The fourth-order valence-corrected chi connectivity index (χ4v) is 3.26. The molecule has 1 aliphatic carbocycles. The van der Waals surface area contributed by atoms with E-state index in [9.17, 15) is 9.90 Å². The van der Waals surface area contributed by atoms with E-state index in [1.165, 1.54) is 0 Å². The fraction of sp³-hybridized carbons (Fsp3) is 0.381. The van der Waals surface area contributed by atoms with Gasteiger partial charge < -0.3 is 10.4 Å².